The summed E-state index contributed by atoms with van der Waals surface area (Å²) in [5.74, 6) is 0.298. The molecule has 0 aliphatic rings. The van der Waals surface area contributed by atoms with Crippen LogP contribution in [-0.2, 0) is 4.79 Å². The lowest BCUT2D eigenvalue weighted by Crippen LogP contribution is -2.15. The minimum Gasteiger partial charge on any atom is -0.300 e. The number of carbonyl (C=O) groups is 1. The van der Waals surface area contributed by atoms with Gasteiger partial charge in [-0.2, -0.15) is 0 Å². The zero-order valence-electron chi connectivity index (χ0n) is 11.4. The van der Waals surface area contributed by atoms with Crippen LogP contribution in [0.3, 0.4) is 0 Å². The van der Waals surface area contributed by atoms with E-state index < -0.39 is 0 Å². The van der Waals surface area contributed by atoms with Crippen molar-refractivity contribution in [2.45, 2.75) is 23.4 Å². The van der Waals surface area contributed by atoms with Crippen molar-refractivity contribution in [2.75, 3.05) is 0 Å². The van der Waals surface area contributed by atoms with E-state index in [1.54, 1.807) is 0 Å². The Morgan fingerprint density at radius 3 is 1.84 bits per heavy atom. The third-order valence-electron chi connectivity index (χ3n) is 3.36. The van der Waals surface area contributed by atoms with E-state index in [1.165, 1.54) is 5.28 Å². The molecule has 0 spiro atoms. The average Bonchev–Trinajstić information content (AvgIpc) is 2.47. The van der Waals surface area contributed by atoms with Gasteiger partial charge in [0.05, 0.1) is 5.92 Å². The third-order valence-corrected chi connectivity index (χ3v) is 4.92. The lowest BCUT2D eigenvalue weighted by atomic mass is 9.88. The highest BCUT2D eigenvalue weighted by molar-refractivity contribution is 6.41. The van der Waals surface area contributed by atoms with Crippen LogP contribution in [0.4, 0.5) is 0 Å². The van der Waals surface area contributed by atoms with Crippen molar-refractivity contribution in [2.24, 2.45) is 0 Å². The van der Waals surface area contributed by atoms with E-state index in [1.807, 2.05) is 36.4 Å². The maximum Gasteiger partial charge on any atom is 0.247 e. The SMILES string of the molecule is C[CH2][AlH][CH2]C(=O)C(c1ccccc1)c1ccccc1. The molecule has 2 heteroatoms. The predicted molar refractivity (Wildman–Crippen MR) is 82.2 cm³/mol. The summed E-state index contributed by atoms with van der Waals surface area (Å²) < 4.78 is 0. The standard InChI is InChI=1S/C15H13O.C2H5.Al.H/c1-12(16)15(13-8-4-2-5-9-13)14-10-6-3-7-11-14;1-2;;/h2-11,15H,1H2;1H2,2H3;;. The van der Waals surface area contributed by atoms with E-state index in [2.05, 4.69) is 31.2 Å². The summed E-state index contributed by atoms with van der Waals surface area (Å²) in [4.78, 5) is 12.5. The number of hydrogen-bond acceptors (Lipinski definition) is 1. The Bertz CT molecular complexity index is 468. The van der Waals surface area contributed by atoms with Gasteiger partial charge in [0.25, 0.3) is 0 Å². The molecule has 0 saturated heterocycles. The first-order chi connectivity index (χ1) is 9.33. The first-order valence-corrected chi connectivity index (χ1v) is 8.95. The summed E-state index contributed by atoms with van der Waals surface area (Å²) in [5, 5.41) is 1.99. The Balaban J connectivity index is 2.31. The second-order valence-electron chi connectivity index (χ2n) is 4.82. The molecular weight excluding hydrogens is 247 g/mol. The molecule has 0 unspecified atom stereocenters. The molecule has 0 fully saturated rings. The van der Waals surface area contributed by atoms with Crippen LogP contribution < -0.4 is 0 Å². The Hall–Kier alpha value is -1.36. The second kappa shape index (κ2) is 7.29. The topological polar surface area (TPSA) is 17.1 Å². The van der Waals surface area contributed by atoms with Gasteiger partial charge in [0.15, 0.2) is 0 Å². The van der Waals surface area contributed by atoms with Crippen LogP contribution in [0.15, 0.2) is 60.7 Å². The lowest BCUT2D eigenvalue weighted by molar-refractivity contribution is -0.117. The van der Waals surface area contributed by atoms with Crippen LogP contribution >= 0.6 is 0 Å². The van der Waals surface area contributed by atoms with Gasteiger partial charge in [-0.15, -0.1) is 0 Å². The minimum absolute atomic E-state index is 0.0820. The van der Waals surface area contributed by atoms with Crippen molar-refractivity contribution in [3.63, 3.8) is 0 Å². The number of Topliss-reactive ketones (excluding diaryl/α,β-unsaturated/α-hetero) is 1. The Morgan fingerprint density at radius 2 is 1.42 bits per heavy atom. The fraction of sp³-hybridized carbons (Fsp3) is 0.235. The van der Waals surface area contributed by atoms with E-state index in [9.17, 15) is 4.79 Å². The van der Waals surface area contributed by atoms with Crippen molar-refractivity contribution in [3.8, 4) is 0 Å². The van der Waals surface area contributed by atoms with Crippen molar-refractivity contribution in [3.05, 3.63) is 71.8 Å². The van der Waals surface area contributed by atoms with Gasteiger partial charge in [0.1, 0.15) is 5.78 Å². The number of hydrogen-bond donors (Lipinski definition) is 0. The molecule has 0 aromatic heterocycles. The Morgan fingerprint density at radius 1 is 0.947 bits per heavy atom. The average molecular weight is 266 g/mol. The van der Waals surface area contributed by atoms with E-state index >= 15 is 0 Å². The number of rotatable bonds is 6. The molecule has 0 amide bonds. The molecule has 0 atom stereocenters. The van der Waals surface area contributed by atoms with E-state index in [0.29, 0.717) is 5.78 Å². The maximum atomic E-state index is 12.5. The summed E-state index contributed by atoms with van der Waals surface area (Å²) >= 11 is -0.228. The molecule has 96 valence electrons. The molecule has 0 aliphatic carbocycles. The van der Waals surface area contributed by atoms with Gasteiger partial charge < -0.3 is 4.79 Å². The normalized spacial score (nSPS) is 10.4. The van der Waals surface area contributed by atoms with Crippen LogP contribution in [0.25, 0.3) is 0 Å². The fourth-order valence-electron chi connectivity index (χ4n) is 2.35. The maximum absolute atomic E-state index is 12.5. The van der Waals surface area contributed by atoms with Gasteiger partial charge in [-0.05, 0) is 16.4 Å². The zero-order valence-corrected chi connectivity index (χ0v) is 12.8. The highest BCUT2D eigenvalue weighted by Gasteiger charge is 2.21. The molecule has 0 bridgehead atoms. The monoisotopic (exact) mass is 266 g/mol. The quantitative estimate of drug-likeness (QED) is 0.729. The number of carbonyl (C=O) groups excluding carboxylic acids is 1. The molecule has 19 heavy (non-hydrogen) atoms. The Labute approximate surface area is 121 Å². The van der Waals surface area contributed by atoms with Gasteiger partial charge >= 0.3 is 0 Å². The van der Waals surface area contributed by atoms with Crippen molar-refractivity contribution < 1.29 is 4.79 Å². The molecule has 2 aromatic rings. The van der Waals surface area contributed by atoms with Crippen molar-refractivity contribution >= 4 is 21.0 Å². The summed E-state index contributed by atoms with van der Waals surface area (Å²) in [6.07, 6.45) is 0. The van der Waals surface area contributed by atoms with Crippen LogP contribution in [0, 0.1) is 0 Å². The molecule has 0 radical (unpaired) electrons. The summed E-state index contributed by atoms with van der Waals surface area (Å²) in [5.41, 5.74) is 2.23. The third kappa shape index (κ3) is 3.80. The van der Waals surface area contributed by atoms with Crippen molar-refractivity contribution in [1.82, 2.24) is 0 Å². The zero-order chi connectivity index (χ0) is 13.5. The molecule has 2 rings (SSSR count). The first-order valence-electron chi connectivity index (χ1n) is 6.95. The van der Waals surface area contributed by atoms with Gasteiger partial charge in [-0.25, -0.2) is 0 Å². The summed E-state index contributed by atoms with van der Waals surface area (Å²) in [7, 11) is 0. The smallest absolute Gasteiger partial charge is 0.247 e. The highest BCUT2D eigenvalue weighted by Crippen LogP contribution is 2.26. The van der Waals surface area contributed by atoms with Crippen molar-refractivity contribution in [1.29, 1.82) is 0 Å². The van der Waals surface area contributed by atoms with E-state index in [4.69, 9.17) is 0 Å². The van der Waals surface area contributed by atoms with Gasteiger partial charge in [0.2, 0.25) is 15.2 Å². The van der Waals surface area contributed by atoms with Crippen LogP contribution in [0.1, 0.15) is 24.0 Å². The molecule has 2 aromatic carbocycles. The molecule has 0 saturated carbocycles. The molecular formula is C17H19AlO. The molecule has 0 N–H and O–H groups in total. The van der Waals surface area contributed by atoms with Gasteiger partial charge in [-0.3, -0.25) is 0 Å². The summed E-state index contributed by atoms with van der Waals surface area (Å²) in [6.45, 7) is 2.18. The van der Waals surface area contributed by atoms with Crippen LogP contribution in [0.5, 0.6) is 0 Å². The van der Waals surface area contributed by atoms with Crippen LogP contribution in [-0.4, -0.2) is 21.0 Å². The molecule has 0 aliphatic heterocycles. The minimum atomic E-state index is -0.228. The number of ketones is 1. The summed E-state index contributed by atoms with van der Waals surface area (Å²) in [6, 6.07) is 20.3. The van der Waals surface area contributed by atoms with Gasteiger partial charge in [0, 0.05) is 0 Å². The first kappa shape index (κ1) is 14.1. The lowest BCUT2D eigenvalue weighted by Gasteiger charge is -2.16. The van der Waals surface area contributed by atoms with E-state index in [0.717, 1.165) is 16.4 Å². The largest absolute Gasteiger partial charge is 0.300 e. The second-order valence-corrected chi connectivity index (χ2v) is 7.03. The fourth-order valence-corrected chi connectivity index (χ4v) is 3.34. The number of benzene rings is 2. The van der Waals surface area contributed by atoms with E-state index in [-0.39, 0.29) is 21.1 Å². The molecule has 0 heterocycles. The highest BCUT2D eigenvalue weighted by atomic mass is 27.1. The van der Waals surface area contributed by atoms with Crippen LogP contribution in [0.2, 0.25) is 10.6 Å². The predicted octanol–water partition coefficient (Wildman–Crippen LogP) is 3.68. The van der Waals surface area contributed by atoms with Gasteiger partial charge in [-0.1, -0.05) is 72.9 Å². The Kier molecular flexibility index (Phi) is 5.39. The molecule has 1 nitrogen and oxygen atoms in total.